The zero-order valence-electron chi connectivity index (χ0n) is 10.4. The maximum absolute atomic E-state index is 4.27. The number of aryl methyl sites for hydroxylation is 1. The second kappa shape index (κ2) is 6.12. The third-order valence-electron chi connectivity index (χ3n) is 2.24. The van der Waals surface area contributed by atoms with E-state index in [-0.39, 0.29) is 0 Å². The van der Waals surface area contributed by atoms with Gasteiger partial charge in [-0.15, -0.1) is 11.3 Å². The van der Waals surface area contributed by atoms with Crippen LogP contribution < -0.4 is 5.43 Å². The van der Waals surface area contributed by atoms with Gasteiger partial charge < -0.3 is 0 Å². The van der Waals surface area contributed by atoms with Crippen LogP contribution in [0.25, 0.3) is 6.08 Å². The van der Waals surface area contributed by atoms with E-state index in [2.05, 4.69) is 33.7 Å². The summed E-state index contributed by atoms with van der Waals surface area (Å²) in [4.78, 5) is 4.27. The van der Waals surface area contributed by atoms with E-state index in [1.54, 1.807) is 17.6 Å². The summed E-state index contributed by atoms with van der Waals surface area (Å²) in [6, 6.07) is 10.2. The Bertz CT molecular complexity index is 555. The molecule has 0 atom stereocenters. The number of rotatable bonds is 4. The summed E-state index contributed by atoms with van der Waals surface area (Å²) >= 11 is 1.55. The standard InChI is InChI=1S/C14H15N3S/c1-11(8-13-6-4-3-5-7-13)9-15-17-14-16-12(2)10-18-14/h3-10H,1-2H3,(H,16,17). The lowest BCUT2D eigenvalue weighted by molar-refractivity contribution is 1.22. The number of nitrogens with zero attached hydrogens (tertiary/aromatic N) is 2. The molecule has 4 heteroatoms. The quantitative estimate of drug-likeness (QED) is 0.665. The van der Waals surface area contributed by atoms with Crippen LogP contribution >= 0.6 is 11.3 Å². The highest BCUT2D eigenvalue weighted by atomic mass is 32.1. The van der Waals surface area contributed by atoms with E-state index < -0.39 is 0 Å². The molecule has 0 spiro atoms. The first kappa shape index (κ1) is 12.5. The molecular weight excluding hydrogens is 242 g/mol. The van der Waals surface area contributed by atoms with Gasteiger partial charge in [0, 0.05) is 5.38 Å². The number of anilines is 1. The van der Waals surface area contributed by atoms with E-state index in [9.17, 15) is 0 Å². The number of hydrazone groups is 1. The summed E-state index contributed by atoms with van der Waals surface area (Å²) in [7, 11) is 0. The highest BCUT2D eigenvalue weighted by Crippen LogP contribution is 2.14. The highest BCUT2D eigenvalue weighted by molar-refractivity contribution is 7.13. The van der Waals surface area contributed by atoms with Crippen molar-refractivity contribution in [2.45, 2.75) is 13.8 Å². The molecular formula is C14H15N3S. The second-order valence-corrected chi connectivity index (χ2v) is 4.82. The molecule has 1 aromatic carbocycles. The van der Waals surface area contributed by atoms with Gasteiger partial charge in [-0.2, -0.15) is 5.10 Å². The van der Waals surface area contributed by atoms with Gasteiger partial charge in [0.2, 0.25) is 5.13 Å². The average molecular weight is 257 g/mol. The zero-order valence-corrected chi connectivity index (χ0v) is 11.2. The van der Waals surface area contributed by atoms with Crippen LogP contribution in [-0.4, -0.2) is 11.2 Å². The number of hydrogen-bond donors (Lipinski definition) is 1. The molecule has 0 radical (unpaired) electrons. The van der Waals surface area contributed by atoms with Gasteiger partial charge in [-0.05, 0) is 25.0 Å². The van der Waals surface area contributed by atoms with Crippen LogP contribution in [0, 0.1) is 6.92 Å². The Morgan fingerprint density at radius 1 is 1.33 bits per heavy atom. The Morgan fingerprint density at radius 2 is 2.11 bits per heavy atom. The third kappa shape index (κ3) is 3.82. The molecule has 0 fully saturated rings. The van der Waals surface area contributed by atoms with Gasteiger partial charge in [-0.3, -0.25) is 5.43 Å². The van der Waals surface area contributed by atoms with Crippen molar-refractivity contribution in [1.29, 1.82) is 0 Å². The average Bonchev–Trinajstić information content (AvgIpc) is 2.76. The third-order valence-corrected chi connectivity index (χ3v) is 3.11. The Balaban J connectivity index is 1.95. The topological polar surface area (TPSA) is 37.3 Å². The molecule has 0 unspecified atom stereocenters. The van der Waals surface area contributed by atoms with Crippen LogP contribution in [0.1, 0.15) is 18.2 Å². The smallest absolute Gasteiger partial charge is 0.203 e. The normalized spacial score (nSPS) is 12.0. The molecule has 1 heterocycles. The zero-order chi connectivity index (χ0) is 12.8. The predicted octanol–water partition coefficient (Wildman–Crippen LogP) is 3.95. The molecule has 2 aromatic rings. The van der Waals surface area contributed by atoms with Gasteiger partial charge >= 0.3 is 0 Å². The fourth-order valence-electron chi connectivity index (χ4n) is 1.44. The Morgan fingerprint density at radius 3 is 2.78 bits per heavy atom. The van der Waals surface area contributed by atoms with Gasteiger partial charge in [0.25, 0.3) is 0 Å². The van der Waals surface area contributed by atoms with Crippen molar-refractivity contribution >= 4 is 28.8 Å². The molecule has 0 bridgehead atoms. The van der Waals surface area contributed by atoms with E-state index >= 15 is 0 Å². The summed E-state index contributed by atoms with van der Waals surface area (Å²) < 4.78 is 0. The minimum Gasteiger partial charge on any atom is -0.253 e. The highest BCUT2D eigenvalue weighted by Gasteiger charge is 1.94. The van der Waals surface area contributed by atoms with Gasteiger partial charge in [0.15, 0.2) is 0 Å². The summed E-state index contributed by atoms with van der Waals surface area (Å²) in [6.45, 7) is 3.98. The number of nitrogens with one attached hydrogen (secondary N) is 1. The van der Waals surface area contributed by atoms with Crippen molar-refractivity contribution in [1.82, 2.24) is 4.98 Å². The molecule has 2 rings (SSSR count). The van der Waals surface area contributed by atoms with E-state index in [0.29, 0.717) is 0 Å². The van der Waals surface area contributed by atoms with Crippen LogP contribution in [0.3, 0.4) is 0 Å². The lowest BCUT2D eigenvalue weighted by atomic mass is 10.1. The van der Waals surface area contributed by atoms with Crippen LogP contribution in [-0.2, 0) is 0 Å². The molecule has 1 N–H and O–H groups in total. The van der Waals surface area contributed by atoms with Crippen molar-refractivity contribution in [2.24, 2.45) is 5.10 Å². The molecule has 0 saturated carbocycles. The monoisotopic (exact) mass is 257 g/mol. The van der Waals surface area contributed by atoms with Crippen LogP contribution in [0.2, 0.25) is 0 Å². The molecule has 1 aromatic heterocycles. The molecule has 0 amide bonds. The first-order valence-electron chi connectivity index (χ1n) is 5.68. The Labute approximate surface area is 111 Å². The summed E-state index contributed by atoms with van der Waals surface area (Å²) in [5.74, 6) is 0. The fourth-order valence-corrected chi connectivity index (χ4v) is 2.08. The largest absolute Gasteiger partial charge is 0.253 e. The Kier molecular flexibility index (Phi) is 4.25. The lowest BCUT2D eigenvalue weighted by Gasteiger charge is -1.95. The minimum atomic E-state index is 0.816. The summed E-state index contributed by atoms with van der Waals surface area (Å²) in [5, 5.41) is 6.96. The molecule has 0 aliphatic heterocycles. The van der Waals surface area contributed by atoms with Gasteiger partial charge in [0.1, 0.15) is 0 Å². The van der Waals surface area contributed by atoms with E-state index in [1.165, 1.54) is 5.56 Å². The SMILES string of the molecule is CC(C=NNc1nc(C)cs1)=Cc1ccccc1. The number of thiazole rings is 1. The summed E-state index contributed by atoms with van der Waals surface area (Å²) in [6.07, 6.45) is 3.88. The molecule has 18 heavy (non-hydrogen) atoms. The van der Waals surface area contributed by atoms with Crippen molar-refractivity contribution in [3.8, 4) is 0 Å². The molecule has 0 aliphatic carbocycles. The van der Waals surface area contributed by atoms with Crippen molar-refractivity contribution in [2.75, 3.05) is 5.43 Å². The van der Waals surface area contributed by atoms with Crippen LogP contribution in [0.5, 0.6) is 0 Å². The molecule has 0 saturated heterocycles. The Hall–Kier alpha value is -1.94. The molecule has 0 aliphatic rings. The van der Waals surface area contributed by atoms with Crippen LogP contribution in [0.15, 0.2) is 46.4 Å². The maximum Gasteiger partial charge on any atom is 0.203 e. The second-order valence-electron chi connectivity index (χ2n) is 3.96. The van der Waals surface area contributed by atoms with E-state index in [0.717, 1.165) is 16.4 Å². The van der Waals surface area contributed by atoms with Crippen LogP contribution in [0.4, 0.5) is 5.13 Å². The maximum atomic E-state index is 4.27. The summed E-state index contributed by atoms with van der Waals surface area (Å²) in [5.41, 5.74) is 6.18. The van der Waals surface area contributed by atoms with Gasteiger partial charge in [0.05, 0.1) is 11.9 Å². The fraction of sp³-hybridized carbons (Fsp3) is 0.143. The number of hydrogen-bond acceptors (Lipinski definition) is 4. The number of benzene rings is 1. The minimum absolute atomic E-state index is 0.816. The van der Waals surface area contributed by atoms with E-state index in [1.807, 2.05) is 37.4 Å². The molecule has 3 nitrogen and oxygen atoms in total. The number of allylic oxidation sites excluding steroid dienone is 1. The number of aromatic nitrogens is 1. The van der Waals surface area contributed by atoms with Gasteiger partial charge in [-0.1, -0.05) is 36.4 Å². The van der Waals surface area contributed by atoms with Crippen molar-refractivity contribution in [3.63, 3.8) is 0 Å². The first-order valence-corrected chi connectivity index (χ1v) is 6.56. The van der Waals surface area contributed by atoms with Gasteiger partial charge in [-0.25, -0.2) is 4.98 Å². The van der Waals surface area contributed by atoms with E-state index in [4.69, 9.17) is 0 Å². The predicted molar refractivity (Wildman–Crippen MR) is 79.1 cm³/mol. The molecule has 92 valence electrons. The van der Waals surface area contributed by atoms with Crippen molar-refractivity contribution < 1.29 is 0 Å². The van der Waals surface area contributed by atoms with Crippen molar-refractivity contribution in [3.05, 3.63) is 52.5 Å². The first-order chi connectivity index (χ1) is 8.74. The lowest BCUT2D eigenvalue weighted by Crippen LogP contribution is -1.89.